The van der Waals surface area contributed by atoms with Crippen LogP contribution in [0.2, 0.25) is 0 Å². The summed E-state index contributed by atoms with van der Waals surface area (Å²) >= 11 is 0. The summed E-state index contributed by atoms with van der Waals surface area (Å²) in [5, 5.41) is 7.93. The first-order valence-electron chi connectivity index (χ1n) is 9.31. The van der Waals surface area contributed by atoms with Crippen molar-refractivity contribution >= 4 is 12.1 Å². The number of rotatable bonds is 3. The van der Waals surface area contributed by atoms with Gasteiger partial charge in [0, 0.05) is 45.0 Å². The summed E-state index contributed by atoms with van der Waals surface area (Å²) in [6, 6.07) is 0.221. The van der Waals surface area contributed by atoms with E-state index in [-0.39, 0.29) is 12.1 Å². The van der Waals surface area contributed by atoms with Gasteiger partial charge in [-0.2, -0.15) is 5.10 Å². The Kier molecular flexibility index (Phi) is 5.11. The number of hydrogen-bond acceptors (Lipinski definition) is 6. The summed E-state index contributed by atoms with van der Waals surface area (Å²) in [5.41, 5.74) is 1.85. The molecule has 1 amide bonds. The molecular formula is C18H30N6O2. The molecule has 2 aliphatic rings. The molecule has 0 saturated carbocycles. The molecule has 8 nitrogen and oxygen atoms in total. The van der Waals surface area contributed by atoms with Crippen LogP contribution in [-0.4, -0.2) is 69.5 Å². The lowest BCUT2D eigenvalue weighted by Crippen LogP contribution is -2.57. The van der Waals surface area contributed by atoms with Gasteiger partial charge in [0.05, 0.1) is 18.3 Å². The summed E-state index contributed by atoms with van der Waals surface area (Å²) in [6.45, 7) is 11.3. The van der Waals surface area contributed by atoms with Crippen LogP contribution in [0.15, 0.2) is 11.2 Å². The van der Waals surface area contributed by atoms with Gasteiger partial charge in [0.1, 0.15) is 5.60 Å². The Bertz CT molecular complexity index is 690. The van der Waals surface area contributed by atoms with Crippen LogP contribution < -0.4 is 5.32 Å². The van der Waals surface area contributed by atoms with Crippen molar-refractivity contribution in [3.63, 3.8) is 0 Å². The van der Waals surface area contributed by atoms with Crippen molar-refractivity contribution in [2.24, 2.45) is 12.0 Å². The number of ether oxygens (including phenoxy) is 1. The van der Waals surface area contributed by atoms with Crippen LogP contribution in [0.3, 0.4) is 0 Å². The van der Waals surface area contributed by atoms with Crippen LogP contribution in [0, 0.1) is 0 Å². The summed E-state index contributed by atoms with van der Waals surface area (Å²) < 4.78 is 7.35. The highest BCUT2D eigenvalue weighted by Gasteiger charge is 2.36. The number of nitrogens with zero attached hydrogens (tertiary/aromatic N) is 5. The highest BCUT2D eigenvalue weighted by atomic mass is 16.6. The molecule has 0 aromatic carbocycles. The Hall–Kier alpha value is -2.25. The third kappa shape index (κ3) is 4.11. The summed E-state index contributed by atoms with van der Waals surface area (Å²) in [5.74, 6) is 0.921. The number of fused-ring (bicyclic) bond motifs is 1. The van der Waals surface area contributed by atoms with Crippen LogP contribution in [0.1, 0.15) is 39.0 Å². The quantitative estimate of drug-likeness (QED) is 0.879. The van der Waals surface area contributed by atoms with Crippen LogP contribution in [0.25, 0.3) is 0 Å². The third-order valence-corrected chi connectivity index (χ3v) is 4.62. The Labute approximate surface area is 155 Å². The number of carbonyl (C=O) groups is 1. The standard InChI is InChI=1S/C18H30N6O2/c1-6-15-13(11-22(5)21-15)9-19-16-20-10-14-12-23(7-8-24(14)16)17(25)26-18(2,3)4/h11,14H,6-10,12H2,1-5H3,(H,19,20). The van der Waals surface area contributed by atoms with Gasteiger partial charge in [-0.15, -0.1) is 0 Å². The van der Waals surface area contributed by atoms with E-state index in [1.54, 1.807) is 4.90 Å². The molecule has 144 valence electrons. The number of piperazine rings is 1. The van der Waals surface area contributed by atoms with E-state index in [1.807, 2.05) is 32.5 Å². The van der Waals surface area contributed by atoms with Crippen LogP contribution in [0.5, 0.6) is 0 Å². The van der Waals surface area contributed by atoms with E-state index < -0.39 is 5.60 Å². The van der Waals surface area contributed by atoms with Gasteiger partial charge in [0.25, 0.3) is 0 Å². The van der Waals surface area contributed by atoms with Crippen molar-refractivity contribution in [3.8, 4) is 0 Å². The molecule has 26 heavy (non-hydrogen) atoms. The minimum absolute atomic E-state index is 0.221. The number of amides is 1. The zero-order chi connectivity index (χ0) is 18.9. The number of aliphatic imine (C=N–C) groups is 1. The van der Waals surface area contributed by atoms with Crippen LogP contribution in [0.4, 0.5) is 4.79 Å². The van der Waals surface area contributed by atoms with E-state index in [1.165, 1.54) is 5.56 Å². The van der Waals surface area contributed by atoms with Crippen LogP contribution in [-0.2, 0) is 24.8 Å². The maximum atomic E-state index is 12.3. The lowest BCUT2D eigenvalue weighted by Gasteiger charge is -2.39. The fourth-order valence-electron chi connectivity index (χ4n) is 3.43. The number of aryl methyl sites for hydroxylation is 2. The topological polar surface area (TPSA) is 75.0 Å². The molecule has 1 N–H and O–H groups in total. The molecule has 1 aromatic rings. The predicted molar refractivity (Wildman–Crippen MR) is 100 cm³/mol. The zero-order valence-electron chi connectivity index (χ0n) is 16.4. The lowest BCUT2D eigenvalue weighted by molar-refractivity contribution is 0.0137. The fraction of sp³-hybridized carbons (Fsp3) is 0.722. The smallest absolute Gasteiger partial charge is 0.410 e. The molecule has 3 heterocycles. The second-order valence-corrected chi connectivity index (χ2v) is 7.92. The van der Waals surface area contributed by atoms with E-state index >= 15 is 0 Å². The van der Waals surface area contributed by atoms with Gasteiger partial charge < -0.3 is 19.9 Å². The molecule has 1 fully saturated rings. The normalized spacial score (nSPS) is 20.0. The number of aromatic nitrogens is 2. The second kappa shape index (κ2) is 7.17. The monoisotopic (exact) mass is 362 g/mol. The maximum Gasteiger partial charge on any atom is 0.410 e. The maximum absolute atomic E-state index is 12.3. The summed E-state index contributed by atoms with van der Waals surface area (Å²) in [6.07, 6.45) is 2.74. The first-order chi connectivity index (χ1) is 12.3. The van der Waals surface area contributed by atoms with Crippen molar-refractivity contribution in [1.82, 2.24) is 24.9 Å². The first-order valence-corrected chi connectivity index (χ1v) is 9.31. The highest BCUT2D eigenvalue weighted by Crippen LogP contribution is 2.19. The minimum atomic E-state index is -0.464. The number of nitrogens with one attached hydrogen (secondary N) is 1. The fourth-order valence-corrected chi connectivity index (χ4v) is 3.43. The molecule has 1 atom stereocenters. The average molecular weight is 362 g/mol. The Morgan fingerprint density at radius 2 is 2.15 bits per heavy atom. The summed E-state index contributed by atoms with van der Waals surface area (Å²) in [4.78, 5) is 21.0. The predicted octanol–water partition coefficient (Wildman–Crippen LogP) is 1.36. The van der Waals surface area contributed by atoms with Gasteiger partial charge in [0.15, 0.2) is 5.96 Å². The Morgan fingerprint density at radius 1 is 1.38 bits per heavy atom. The third-order valence-electron chi connectivity index (χ3n) is 4.62. The van der Waals surface area contributed by atoms with Gasteiger partial charge in [-0.25, -0.2) is 4.79 Å². The zero-order valence-corrected chi connectivity index (χ0v) is 16.4. The first kappa shape index (κ1) is 18.5. The largest absolute Gasteiger partial charge is 0.444 e. The SMILES string of the molecule is CCc1nn(C)cc1CNC1=NCC2CN(C(=O)OC(C)(C)C)CCN12. The van der Waals surface area contributed by atoms with E-state index in [0.717, 1.165) is 31.2 Å². The number of hydrogen-bond donors (Lipinski definition) is 1. The molecule has 3 rings (SSSR count). The summed E-state index contributed by atoms with van der Waals surface area (Å²) in [7, 11) is 1.95. The molecule has 0 aliphatic carbocycles. The second-order valence-electron chi connectivity index (χ2n) is 7.92. The molecule has 1 saturated heterocycles. The molecule has 8 heteroatoms. The molecule has 0 bridgehead atoms. The minimum Gasteiger partial charge on any atom is -0.444 e. The Morgan fingerprint density at radius 3 is 2.85 bits per heavy atom. The average Bonchev–Trinajstić information content (AvgIpc) is 3.13. The number of carbonyl (C=O) groups excluding carboxylic acids is 1. The lowest BCUT2D eigenvalue weighted by atomic mass is 10.2. The van der Waals surface area contributed by atoms with Crippen molar-refractivity contribution in [2.75, 3.05) is 26.2 Å². The van der Waals surface area contributed by atoms with E-state index in [2.05, 4.69) is 33.4 Å². The van der Waals surface area contributed by atoms with Crippen molar-refractivity contribution in [1.29, 1.82) is 0 Å². The Balaban J connectivity index is 1.54. The molecule has 0 spiro atoms. The van der Waals surface area contributed by atoms with Gasteiger partial charge in [-0.05, 0) is 27.2 Å². The van der Waals surface area contributed by atoms with Gasteiger partial charge in [0.2, 0.25) is 0 Å². The van der Waals surface area contributed by atoms with Gasteiger partial charge in [-0.3, -0.25) is 9.67 Å². The van der Waals surface area contributed by atoms with E-state index in [0.29, 0.717) is 19.6 Å². The van der Waals surface area contributed by atoms with E-state index in [9.17, 15) is 4.79 Å². The molecule has 2 aliphatic heterocycles. The van der Waals surface area contributed by atoms with Crippen molar-refractivity contribution < 1.29 is 9.53 Å². The van der Waals surface area contributed by atoms with Crippen molar-refractivity contribution in [3.05, 3.63) is 17.5 Å². The van der Waals surface area contributed by atoms with Crippen LogP contribution >= 0.6 is 0 Å². The van der Waals surface area contributed by atoms with E-state index in [4.69, 9.17) is 4.74 Å². The van der Waals surface area contributed by atoms with Gasteiger partial charge in [-0.1, -0.05) is 6.92 Å². The molecule has 0 radical (unpaired) electrons. The van der Waals surface area contributed by atoms with Gasteiger partial charge >= 0.3 is 6.09 Å². The van der Waals surface area contributed by atoms with Crippen molar-refractivity contribution in [2.45, 2.75) is 52.3 Å². The molecular weight excluding hydrogens is 332 g/mol. The highest BCUT2D eigenvalue weighted by molar-refractivity contribution is 5.82. The molecule has 1 unspecified atom stereocenters. The molecule has 1 aromatic heterocycles. The number of guanidine groups is 1.